The van der Waals surface area contributed by atoms with Crippen molar-refractivity contribution in [2.24, 2.45) is 0 Å². The van der Waals surface area contributed by atoms with Crippen molar-refractivity contribution in [1.29, 1.82) is 5.26 Å². The SMILES string of the molecule is N#CC(C(=O)c1cccc(Cl)c1Cl)c1ccc(Cl)c(Cl)c1. The smallest absolute Gasteiger partial charge is 0.186 e. The third-order valence-corrected chi connectivity index (χ3v) is 4.44. The van der Waals surface area contributed by atoms with Gasteiger partial charge in [0.2, 0.25) is 0 Å². The first-order chi connectivity index (χ1) is 9.95. The van der Waals surface area contributed by atoms with Crippen molar-refractivity contribution in [2.45, 2.75) is 5.92 Å². The van der Waals surface area contributed by atoms with Crippen LogP contribution in [0.3, 0.4) is 0 Å². The largest absolute Gasteiger partial charge is 0.292 e. The molecule has 0 aliphatic heterocycles. The van der Waals surface area contributed by atoms with Gasteiger partial charge in [0.05, 0.1) is 26.2 Å². The van der Waals surface area contributed by atoms with Gasteiger partial charge in [-0.1, -0.05) is 58.5 Å². The first-order valence-electron chi connectivity index (χ1n) is 5.78. The molecule has 21 heavy (non-hydrogen) atoms. The van der Waals surface area contributed by atoms with Crippen LogP contribution < -0.4 is 0 Å². The van der Waals surface area contributed by atoms with Crippen LogP contribution in [0.15, 0.2) is 36.4 Å². The van der Waals surface area contributed by atoms with Gasteiger partial charge in [-0.05, 0) is 29.8 Å². The van der Waals surface area contributed by atoms with E-state index in [2.05, 4.69) is 0 Å². The van der Waals surface area contributed by atoms with Crippen LogP contribution in [0.5, 0.6) is 0 Å². The molecule has 2 rings (SSSR count). The lowest BCUT2D eigenvalue weighted by Crippen LogP contribution is -2.12. The Morgan fingerprint density at radius 3 is 2.33 bits per heavy atom. The molecule has 0 saturated carbocycles. The molecule has 0 spiro atoms. The zero-order valence-corrected chi connectivity index (χ0v) is 13.4. The Balaban J connectivity index is 2.46. The molecule has 0 aliphatic carbocycles. The number of halogens is 4. The predicted octanol–water partition coefficient (Wildman–Crippen LogP) is 5.79. The highest BCUT2D eigenvalue weighted by atomic mass is 35.5. The molecule has 0 N–H and O–H groups in total. The number of Topliss-reactive ketones (excluding diaryl/α,β-unsaturated/α-hetero) is 1. The third kappa shape index (κ3) is 3.33. The van der Waals surface area contributed by atoms with Gasteiger partial charge in [0.25, 0.3) is 0 Å². The summed E-state index contributed by atoms with van der Waals surface area (Å²) in [6, 6.07) is 11.3. The second-order valence-electron chi connectivity index (χ2n) is 4.20. The van der Waals surface area contributed by atoms with E-state index in [0.29, 0.717) is 10.6 Å². The van der Waals surface area contributed by atoms with Crippen molar-refractivity contribution < 1.29 is 4.79 Å². The van der Waals surface area contributed by atoms with Crippen molar-refractivity contribution in [3.8, 4) is 6.07 Å². The Labute approximate surface area is 141 Å². The molecule has 0 heterocycles. The van der Waals surface area contributed by atoms with E-state index in [4.69, 9.17) is 46.4 Å². The van der Waals surface area contributed by atoms with Gasteiger partial charge in [-0.2, -0.15) is 5.26 Å². The zero-order chi connectivity index (χ0) is 15.6. The fourth-order valence-electron chi connectivity index (χ4n) is 1.83. The van der Waals surface area contributed by atoms with Crippen molar-refractivity contribution in [3.63, 3.8) is 0 Å². The average Bonchev–Trinajstić information content (AvgIpc) is 2.46. The summed E-state index contributed by atoms with van der Waals surface area (Å²) >= 11 is 23.7. The molecule has 0 radical (unpaired) electrons. The molecular formula is C15H7Cl4NO. The van der Waals surface area contributed by atoms with Gasteiger partial charge in [-0.3, -0.25) is 4.79 Å². The predicted molar refractivity (Wildman–Crippen MR) is 85.6 cm³/mol. The van der Waals surface area contributed by atoms with Gasteiger partial charge in [0.1, 0.15) is 5.92 Å². The fraction of sp³-hybridized carbons (Fsp3) is 0.0667. The number of ketones is 1. The maximum absolute atomic E-state index is 12.5. The number of nitrogens with zero attached hydrogens (tertiary/aromatic N) is 1. The minimum atomic E-state index is -1.03. The van der Waals surface area contributed by atoms with Crippen LogP contribution in [0.1, 0.15) is 21.8 Å². The van der Waals surface area contributed by atoms with Crippen molar-refractivity contribution in [1.82, 2.24) is 0 Å². The molecule has 1 atom stereocenters. The minimum Gasteiger partial charge on any atom is -0.292 e. The normalized spacial score (nSPS) is 11.8. The summed E-state index contributed by atoms with van der Waals surface area (Å²) in [6.45, 7) is 0. The number of rotatable bonds is 3. The first-order valence-corrected chi connectivity index (χ1v) is 7.29. The summed E-state index contributed by atoms with van der Waals surface area (Å²) in [5, 5.41) is 10.3. The first kappa shape index (κ1) is 16.1. The molecule has 2 nitrogen and oxygen atoms in total. The summed E-state index contributed by atoms with van der Waals surface area (Å²) in [5.74, 6) is -1.47. The highest BCUT2D eigenvalue weighted by molar-refractivity contribution is 6.44. The topological polar surface area (TPSA) is 40.9 Å². The standard InChI is InChI=1S/C15H7Cl4NO/c16-11-5-4-8(6-13(11)18)10(7-20)15(21)9-2-1-3-12(17)14(9)19/h1-6,10H. The van der Waals surface area contributed by atoms with Crippen molar-refractivity contribution >= 4 is 52.2 Å². The molecule has 0 fully saturated rings. The highest BCUT2D eigenvalue weighted by Crippen LogP contribution is 2.32. The average molecular weight is 359 g/mol. The van der Waals surface area contributed by atoms with Crippen LogP contribution in [0.4, 0.5) is 0 Å². The summed E-state index contributed by atoms with van der Waals surface area (Å²) < 4.78 is 0. The summed E-state index contributed by atoms with van der Waals surface area (Å²) in [5.41, 5.74) is 0.648. The van der Waals surface area contributed by atoms with Crippen LogP contribution in [-0.4, -0.2) is 5.78 Å². The number of hydrogen-bond donors (Lipinski definition) is 0. The molecule has 0 amide bonds. The highest BCUT2D eigenvalue weighted by Gasteiger charge is 2.25. The summed E-state index contributed by atoms with van der Waals surface area (Å²) in [6.07, 6.45) is 0. The van der Waals surface area contributed by atoms with E-state index in [9.17, 15) is 10.1 Å². The molecular weight excluding hydrogens is 352 g/mol. The molecule has 2 aromatic carbocycles. The Kier molecular flexibility index (Phi) is 5.13. The Morgan fingerprint density at radius 2 is 1.71 bits per heavy atom. The summed E-state index contributed by atoms with van der Waals surface area (Å²) in [4.78, 5) is 12.5. The van der Waals surface area contributed by atoms with Gasteiger partial charge in [-0.15, -0.1) is 0 Å². The van der Waals surface area contributed by atoms with E-state index in [1.54, 1.807) is 18.2 Å². The molecule has 0 aromatic heterocycles. The van der Waals surface area contributed by atoms with Gasteiger partial charge in [0.15, 0.2) is 5.78 Å². The molecule has 106 valence electrons. The van der Waals surface area contributed by atoms with Gasteiger partial charge in [-0.25, -0.2) is 0 Å². The Morgan fingerprint density at radius 1 is 1.00 bits per heavy atom. The van der Waals surface area contributed by atoms with E-state index < -0.39 is 11.7 Å². The maximum Gasteiger partial charge on any atom is 0.186 e. The second-order valence-corrected chi connectivity index (χ2v) is 5.80. The molecule has 2 aromatic rings. The van der Waals surface area contributed by atoms with E-state index in [0.717, 1.165) is 0 Å². The lowest BCUT2D eigenvalue weighted by molar-refractivity contribution is 0.0979. The lowest BCUT2D eigenvalue weighted by Gasteiger charge is -2.11. The molecule has 0 bridgehead atoms. The lowest BCUT2D eigenvalue weighted by atomic mass is 9.92. The monoisotopic (exact) mass is 357 g/mol. The van der Waals surface area contributed by atoms with Gasteiger partial charge < -0.3 is 0 Å². The van der Waals surface area contributed by atoms with Crippen molar-refractivity contribution in [2.75, 3.05) is 0 Å². The van der Waals surface area contributed by atoms with Crippen LogP contribution in [0.25, 0.3) is 0 Å². The number of carbonyl (C=O) groups is 1. The number of hydrogen-bond acceptors (Lipinski definition) is 2. The van der Waals surface area contributed by atoms with E-state index in [1.807, 2.05) is 6.07 Å². The minimum absolute atomic E-state index is 0.129. The molecule has 1 unspecified atom stereocenters. The van der Waals surface area contributed by atoms with Crippen LogP contribution in [-0.2, 0) is 0 Å². The van der Waals surface area contributed by atoms with E-state index in [1.165, 1.54) is 18.2 Å². The van der Waals surface area contributed by atoms with Crippen LogP contribution >= 0.6 is 46.4 Å². The number of nitriles is 1. The second kappa shape index (κ2) is 6.68. The van der Waals surface area contributed by atoms with Crippen LogP contribution in [0.2, 0.25) is 20.1 Å². The van der Waals surface area contributed by atoms with E-state index >= 15 is 0 Å². The molecule has 6 heteroatoms. The number of carbonyl (C=O) groups excluding carboxylic acids is 1. The zero-order valence-electron chi connectivity index (χ0n) is 10.4. The molecule has 0 saturated heterocycles. The quantitative estimate of drug-likeness (QED) is 0.651. The Bertz CT molecular complexity index is 752. The summed E-state index contributed by atoms with van der Waals surface area (Å²) in [7, 11) is 0. The van der Waals surface area contributed by atoms with Crippen molar-refractivity contribution in [3.05, 3.63) is 67.6 Å². The van der Waals surface area contributed by atoms with E-state index in [-0.39, 0.29) is 20.6 Å². The van der Waals surface area contributed by atoms with Gasteiger partial charge in [0, 0.05) is 5.56 Å². The molecule has 0 aliphatic rings. The maximum atomic E-state index is 12.5. The number of benzene rings is 2. The fourth-order valence-corrected chi connectivity index (χ4v) is 2.53. The third-order valence-electron chi connectivity index (χ3n) is 2.89. The van der Waals surface area contributed by atoms with Gasteiger partial charge >= 0.3 is 0 Å². The Hall–Kier alpha value is -1.24. The van der Waals surface area contributed by atoms with Crippen LogP contribution in [0, 0.1) is 11.3 Å².